The Balaban J connectivity index is 2.58. The highest BCUT2D eigenvalue weighted by Crippen LogP contribution is 2.09. The first-order valence-electron chi connectivity index (χ1n) is 3.62. The summed E-state index contributed by atoms with van der Waals surface area (Å²) in [4.78, 5) is 0. The molecule has 0 aromatic carbocycles. The Hall–Kier alpha value is -0.0400. The topological polar surface area (TPSA) is 9.23 Å². The minimum atomic E-state index is -1.56. The van der Waals surface area contributed by atoms with Gasteiger partial charge in [0.05, 0.1) is 10.2 Å². The maximum absolute atomic E-state index is 7.28. The molecule has 0 radical (unpaired) electrons. The van der Waals surface area contributed by atoms with Crippen LogP contribution in [0.15, 0.2) is 0 Å². The summed E-state index contributed by atoms with van der Waals surface area (Å²) < 4.78 is 26.1. The van der Waals surface area contributed by atoms with Crippen molar-refractivity contribution in [2.24, 2.45) is 0 Å². The molecule has 1 aliphatic heterocycles. The van der Waals surface area contributed by atoms with Gasteiger partial charge < -0.3 is 4.74 Å². The van der Waals surface area contributed by atoms with E-state index in [0.717, 1.165) is 0 Å². The highest BCUT2D eigenvalue weighted by molar-refractivity contribution is 4.56. The summed E-state index contributed by atoms with van der Waals surface area (Å²) in [5.41, 5.74) is 0. The van der Waals surface area contributed by atoms with Crippen LogP contribution in [0.2, 0.25) is 0 Å². The maximum atomic E-state index is 7.28. The van der Waals surface area contributed by atoms with Crippen LogP contribution in [0.5, 0.6) is 0 Å². The summed E-state index contributed by atoms with van der Waals surface area (Å²) in [5.74, 6) is 0. The van der Waals surface area contributed by atoms with Crippen LogP contribution >= 0.6 is 0 Å². The Morgan fingerprint density at radius 3 is 3.17 bits per heavy atom. The largest absolute Gasteiger partial charge is 0.379 e. The lowest BCUT2D eigenvalue weighted by Crippen LogP contribution is -1.94. The molecule has 0 aromatic heterocycles. The summed E-state index contributed by atoms with van der Waals surface area (Å²) in [6.07, 6.45) is -0.170. The van der Waals surface area contributed by atoms with E-state index >= 15 is 0 Å². The Morgan fingerprint density at radius 1 is 2.17 bits per heavy atom. The standard InChI is InChI=1S/C5H10O/c1-5-3-2-4-6-5/h5H,2-4H2,1H3/i4D2,5D. The van der Waals surface area contributed by atoms with E-state index in [9.17, 15) is 0 Å². The maximum Gasteiger partial charge on any atom is 0.0600 e. The number of rotatable bonds is 0. The molecule has 1 nitrogen and oxygen atoms in total. The smallest absolute Gasteiger partial charge is 0.0600 e. The van der Waals surface area contributed by atoms with E-state index in [4.69, 9.17) is 8.85 Å². The van der Waals surface area contributed by atoms with Crippen LogP contribution in [0.3, 0.4) is 0 Å². The molecule has 1 fully saturated rings. The molecule has 0 aliphatic carbocycles. The molecule has 1 aliphatic rings. The van der Waals surface area contributed by atoms with Crippen molar-refractivity contribution in [2.75, 3.05) is 6.56 Å². The molecule has 1 heteroatoms. The normalized spacial score (nSPS) is 62.5. The fourth-order valence-corrected chi connectivity index (χ4v) is 0.452. The van der Waals surface area contributed by atoms with Gasteiger partial charge >= 0.3 is 0 Å². The lowest BCUT2D eigenvalue weighted by Gasteiger charge is -1.94. The van der Waals surface area contributed by atoms with Crippen molar-refractivity contribution in [1.29, 1.82) is 0 Å². The van der Waals surface area contributed by atoms with Crippen molar-refractivity contribution < 1.29 is 8.85 Å². The molecule has 1 atom stereocenters. The first-order chi connectivity index (χ1) is 3.91. The second kappa shape index (κ2) is 1.61. The van der Waals surface area contributed by atoms with E-state index in [1.165, 1.54) is 0 Å². The SMILES string of the molecule is [2H]C1([2H])CCC([2H])(C)O1. The van der Waals surface area contributed by atoms with Gasteiger partial charge in [0.2, 0.25) is 0 Å². The van der Waals surface area contributed by atoms with Gasteiger partial charge in [-0.15, -0.1) is 0 Å². The van der Waals surface area contributed by atoms with Gasteiger partial charge in [-0.05, 0) is 19.8 Å². The van der Waals surface area contributed by atoms with Crippen LogP contribution in [0.1, 0.15) is 23.9 Å². The molecule has 1 heterocycles. The van der Waals surface area contributed by atoms with Crippen LogP contribution in [-0.4, -0.2) is 12.6 Å². The van der Waals surface area contributed by atoms with Crippen molar-refractivity contribution in [3.05, 3.63) is 0 Å². The molecule has 1 rings (SSSR count). The molecule has 1 unspecified atom stereocenters. The molecular formula is C5H10O. The summed E-state index contributed by atoms with van der Waals surface area (Å²) >= 11 is 0. The van der Waals surface area contributed by atoms with Crippen LogP contribution in [-0.2, 0) is 4.74 Å². The van der Waals surface area contributed by atoms with Crippen molar-refractivity contribution in [3.8, 4) is 0 Å². The van der Waals surface area contributed by atoms with E-state index < -0.39 is 12.6 Å². The fourth-order valence-electron chi connectivity index (χ4n) is 0.452. The summed E-state index contributed by atoms with van der Waals surface area (Å²) in [6.45, 7) is 0.0222. The minimum absolute atomic E-state index is 0.340. The Kier molecular flexibility index (Phi) is 0.489. The predicted octanol–water partition coefficient (Wildman–Crippen LogP) is 1.19. The van der Waals surface area contributed by atoms with Crippen LogP contribution in [0.25, 0.3) is 0 Å². The average molecular weight is 89.2 g/mol. The first kappa shape index (κ1) is 1.83. The lowest BCUT2D eigenvalue weighted by atomic mass is 10.3. The third kappa shape index (κ3) is 0.716. The number of hydrogen-bond donors (Lipinski definition) is 0. The Labute approximate surface area is 42.5 Å². The summed E-state index contributed by atoms with van der Waals surface area (Å²) in [7, 11) is 0. The molecule has 0 amide bonds. The van der Waals surface area contributed by atoms with Crippen molar-refractivity contribution >= 4 is 0 Å². The molecule has 0 saturated carbocycles. The lowest BCUT2D eigenvalue weighted by molar-refractivity contribution is 0.125. The molecule has 6 heavy (non-hydrogen) atoms. The second-order valence-corrected chi connectivity index (χ2v) is 1.45. The summed E-state index contributed by atoms with van der Waals surface area (Å²) in [6, 6.07) is 0. The molecule has 36 valence electrons. The Morgan fingerprint density at radius 2 is 3.00 bits per heavy atom. The van der Waals surface area contributed by atoms with Gasteiger partial charge in [-0.1, -0.05) is 0 Å². The van der Waals surface area contributed by atoms with Crippen molar-refractivity contribution in [3.63, 3.8) is 0 Å². The zero-order valence-electron chi connectivity index (χ0n) is 6.82. The number of ether oxygens (including phenoxy) is 1. The molecule has 0 aromatic rings. The number of hydrogen-bond acceptors (Lipinski definition) is 1. The third-order valence-electron chi connectivity index (χ3n) is 0.826. The van der Waals surface area contributed by atoms with Gasteiger partial charge in [0.1, 0.15) is 0 Å². The molecule has 0 spiro atoms. The van der Waals surface area contributed by atoms with Gasteiger partial charge in [-0.2, -0.15) is 0 Å². The first-order valence-corrected chi connectivity index (χ1v) is 2.12. The van der Waals surface area contributed by atoms with E-state index in [1.54, 1.807) is 6.92 Å². The molecule has 1 saturated heterocycles. The van der Waals surface area contributed by atoms with Crippen molar-refractivity contribution in [2.45, 2.75) is 25.8 Å². The van der Waals surface area contributed by atoms with Gasteiger partial charge in [-0.3, -0.25) is 0 Å². The zero-order chi connectivity index (χ0) is 7.12. The highest BCUT2D eigenvalue weighted by atomic mass is 16.5. The quantitative estimate of drug-likeness (QED) is 0.433. The van der Waals surface area contributed by atoms with Gasteiger partial charge in [0.15, 0.2) is 0 Å². The van der Waals surface area contributed by atoms with Gasteiger partial charge in [0, 0.05) is 6.56 Å². The predicted molar refractivity (Wildman–Crippen MR) is 24.6 cm³/mol. The molecule has 0 N–H and O–H groups in total. The molecular weight excluding hydrogens is 76.1 g/mol. The monoisotopic (exact) mass is 89.1 g/mol. The Bertz CT molecular complexity index is 107. The van der Waals surface area contributed by atoms with E-state index in [2.05, 4.69) is 0 Å². The second-order valence-electron chi connectivity index (χ2n) is 1.45. The average Bonchev–Trinajstić information content (AvgIpc) is 1.78. The van der Waals surface area contributed by atoms with Crippen molar-refractivity contribution in [1.82, 2.24) is 0 Å². The van der Waals surface area contributed by atoms with Crippen LogP contribution < -0.4 is 0 Å². The van der Waals surface area contributed by atoms with E-state index in [0.29, 0.717) is 12.8 Å². The van der Waals surface area contributed by atoms with Crippen LogP contribution in [0, 0.1) is 0 Å². The molecule has 0 bridgehead atoms. The van der Waals surface area contributed by atoms with Crippen LogP contribution in [0.4, 0.5) is 0 Å². The van der Waals surface area contributed by atoms with Gasteiger partial charge in [0.25, 0.3) is 0 Å². The van der Waals surface area contributed by atoms with E-state index in [1.807, 2.05) is 0 Å². The summed E-state index contributed by atoms with van der Waals surface area (Å²) in [5, 5.41) is 0. The highest BCUT2D eigenvalue weighted by Gasteiger charge is 2.07. The third-order valence-corrected chi connectivity index (χ3v) is 0.826. The van der Waals surface area contributed by atoms with Gasteiger partial charge in [-0.25, -0.2) is 0 Å². The fraction of sp³-hybridized carbons (Fsp3) is 1.00. The zero-order valence-corrected chi connectivity index (χ0v) is 3.82. The minimum Gasteiger partial charge on any atom is -0.379 e. The van der Waals surface area contributed by atoms with E-state index in [-0.39, 0.29) is 0 Å².